The molecule has 0 amide bonds. The molecule has 77 heavy (non-hydrogen) atoms. The number of aliphatic hydroxyl groups excluding tert-OH is 1. The Kier molecular flexibility index (Phi) is 19.9. The van der Waals surface area contributed by atoms with Crippen molar-refractivity contribution in [2.45, 2.75) is 17.9 Å². The van der Waals surface area contributed by atoms with Crippen LogP contribution < -0.4 is 0 Å². The number of hydrogen-bond donors (Lipinski definition) is 1. The monoisotopic (exact) mass is 1190 g/mol. The number of benzene rings is 7. The van der Waals surface area contributed by atoms with E-state index in [0.717, 1.165) is 16.7 Å². The Morgan fingerprint density at radius 3 is 1.31 bits per heavy atom. The van der Waals surface area contributed by atoms with Gasteiger partial charge in [0.05, 0.1) is 23.5 Å². The Bertz CT molecular complexity index is 3500. The predicted octanol–water partition coefficient (Wildman–Crippen LogP) is 13.6. The second-order valence-electron chi connectivity index (χ2n) is 17.6. The summed E-state index contributed by atoms with van der Waals surface area (Å²) < 4.78 is 13.7. The molecule has 10 heteroatoms. The summed E-state index contributed by atoms with van der Waals surface area (Å²) >= 11 is 0. The van der Waals surface area contributed by atoms with Gasteiger partial charge in [-0.25, -0.2) is 9.98 Å². The van der Waals surface area contributed by atoms with Crippen LogP contribution in [0.3, 0.4) is 0 Å². The van der Waals surface area contributed by atoms with Gasteiger partial charge in [0.2, 0.25) is 5.72 Å². The van der Waals surface area contributed by atoms with E-state index in [1.165, 1.54) is 25.3 Å². The van der Waals surface area contributed by atoms with Crippen LogP contribution in [0.4, 0.5) is 0 Å². The first-order valence-corrected chi connectivity index (χ1v) is 24.4. The third kappa shape index (κ3) is 13.6. The van der Waals surface area contributed by atoms with E-state index in [1.807, 2.05) is 212 Å². The first-order valence-electron chi connectivity index (χ1n) is 24.4. The van der Waals surface area contributed by atoms with Crippen LogP contribution in [0.5, 0.6) is 0 Å². The zero-order valence-corrected chi connectivity index (χ0v) is 44.9. The molecular formula is C67H52N2O6Pd2. The number of fused-ring (bicyclic) bond motifs is 1. The number of aliphatic hydroxyl groups is 1. The topological polar surface area (TPSA) is 115 Å². The molecule has 2 unspecified atom stereocenters. The van der Waals surface area contributed by atoms with E-state index >= 15 is 4.79 Å². The predicted molar refractivity (Wildman–Crippen MR) is 302 cm³/mol. The Morgan fingerprint density at radius 2 is 0.870 bits per heavy atom. The minimum atomic E-state index is -2.37. The zero-order chi connectivity index (χ0) is 51.9. The molecule has 0 aromatic heterocycles. The Balaban J connectivity index is 0.00000431. The van der Waals surface area contributed by atoms with Crippen molar-refractivity contribution in [2.75, 3.05) is 7.11 Å². The molecule has 2 aliphatic rings. The number of rotatable bonds is 19. The fourth-order valence-electron chi connectivity index (χ4n) is 8.71. The molecule has 0 aliphatic carbocycles. The number of carbonyl (C=O) groups is 3. The van der Waals surface area contributed by atoms with Crippen molar-refractivity contribution in [3.05, 3.63) is 310 Å². The number of allylic oxidation sites excluding steroid dienone is 5. The molecule has 0 bridgehead atoms. The quantitative estimate of drug-likeness (QED) is 0.0637. The average molecular weight is 1190 g/mol. The van der Waals surface area contributed by atoms with Gasteiger partial charge >= 0.3 is 0 Å². The summed E-state index contributed by atoms with van der Waals surface area (Å²) in [6.45, 7) is -0.180. The van der Waals surface area contributed by atoms with Crippen molar-refractivity contribution in [1.82, 2.24) is 0 Å². The molecule has 1 N–H and O–H groups in total. The molecule has 0 saturated heterocycles. The van der Waals surface area contributed by atoms with Gasteiger partial charge in [-0.1, -0.05) is 231 Å². The van der Waals surface area contributed by atoms with E-state index in [9.17, 15) is 14.7 Å². The second kappa shape index (κ2) is 27.1. The van der Waals surface area contributed by atoms with Crippen molar-refractivity contribution in [1.29, 1.82) is 0 Å². The van der Waals surface area contributed by atoms with Crippen LogP contribution in [-0.2, 0) is 71.3 Å². The summed E-state index contributed by atoms with van der Waals surface area (Å²) in [5.74, 6) is -2.09. The van der Waals surface area contributed by atoms with Crippen LogP contribution in [0.1, 0.15) is 38.9 Å². The number of dihydropyridines is 1. The average Bonchev–Trinajstić information content (AvgIpc) is 3.59. The summed E-state index contributed by atoms with van der Waals surface area (Å²) in [7, 11) is 1.44. The molecule has 0 spiro atoms. The SMILES string of the molecule is COC1(C(=Cc2ccccc2)C(=O)C=Cc2ccccc2)C=CC2=NC(C(=Cc3ccccc3)C(=O)C=Cc3ccccc3)=C(O)C(OCc3ccccc3)(C(=Cc3ccccc3)C(=O)C=Cc3ccccc3)C2=N1.[Pd].[Pd]. The van der Waals surface area contributed by atoms with Crippen molar-refractivity contribution >= 4 is 65.2 Å². The number of nitrogens with zero attached hydrogens (tertiary/aromatic N) is 2. The Hall–Kier alpha value is -8.15. The van der Waals surface area contributed by atoms with Crippen LogP contribution in [0.2, 0.25) is 0 Å². The third-order valence-electron chi connectivity index (χ3n) is 12.5. The minimum absolute atomic E-state index is 0. The number of ether oxygens (including phenoxy) is 2. The van der Waals surface area contributed by atoms with Crippen LogP contribution >= 0.6 is 0 Å². The van der Waals surface area contributed by atoms with Crippen molar-refractivity contribution in [3.8, 4) is 0 Å². The van der Waals surface area contributed by atoms with Gasteiger partial charge in [0.15, 0.2) is 28.7 Å². The number of ketones is 3. The molecule has 9 rings (SSSR count). The van der Waals surface area contributed by atoms with Gasteiger partial charge in [0.25, 0.3) is 0 Å². The van der Waals surface area contributed by atoms with Crippen LogP contribution in [-0.4, -0.2) is 52.3 Å². The van der Waals surface area contributed by atoms with E-state index in [1.54, 1.807) is 48.6 Å². The summed E-state index contributed by atoms with van der Waals surface area (Å²) in [5.41, 5.74) is 0.568. The van der Waals surface area contributed by atoms with Crippen molar-refractivity contribution in [2.24, 2.45) is 9.98 Å². The number of hydrogen-bond acceptors (Lipinski definition) is 8. The normalized spacial score (nSPS) is 17.5. The number of aliphatic imine (C=N–C) groups is 2. The first kappa shape index (κ1) is 56.6. The van der Waals surface area contributed by atoms with Crippen LogP contribution in [0, 0.1) is 0 Å². The van der Waals surface area contributed by atoms with Gasteiger partial charge < -0.3 is 14.6 Å². The van der Waals surface area contributed by atoms with Crippen LogP contribution in [0.25, 0.3) is 36.5 Å². The first-order chi connectivity index (χ1) is 36.7. The standard InChI is InChI=1S/C67H52N2O6.2Pd/c1-74-66(57(46-53-31-17-6-18-32-53)61(71)41-38-50-25-11-3-12-26-50)44-43-59-64(69-66)67(75-48-55-35-21-8-22-36-55,58(47-54-33-19-7-20-34-54)62(72)42-39-51-27-13-4-14-28-51)65(73)63(68-59)56(45-52-29-15-5-16-30-52)60(70)40-37-49-23-9-2-10-24-49;;/h2-47,73H,48H2,1H3;;. The number of carbonyl (C=O) groups excluding carboxylic acids is 3. The summed E-state index contributed by atoms with van der Waals surface area (Å²) in [6, 6.07) is 65.3. The zero-order valence-electron chi connectivity index (χ0n) is 41.8. The molecule has 0 saturated carbocycles. The molecule has 8 nitrogen and oxygen atoms in total. The van der Waals surface area contributed by atoms with Crippen molar-refractivity contribution < 1.29 is 69.8 Å². The van der Waals surface area contributed by atoms with Gasteiger partial charge in [-0.05, 0) is 87.6 Å². The Morgan fingerprint density at radius 1 is 0.494 bits per heavy atom. The van der Waals surface area contributed by atoms with E-state index in [2.05, 4.69) is 0 Å². The smallest absolute Gasteiger partial charge is 0.208 e. The van der Waals surface area contributed by atoms with E-state index in [0.29, 0.717) is 22.3 Å². The van der Waals surface area contributed by atoms with E-state index in [-0.39, 0.29) is 81.3 Å². The second-order valence-corrected chi connectivity index (χ2v) is 17.6. The van der Waals surface area contributed by atoms with Crippen LogP contribution in [0.15, 0.2) is 281 Å². The molecule has 2 aliphatic heterocycles. The summed E-state index contributed by atoms with van der Waals surface area (Å²) in [4.78, 5) is 56.1. The van der Waals surface area contributed by atoms with E-state index in [4.69, 9.17) is 19.5 Å². The minimum Gasteiger partial charge on any atom is -0.506 e. The molecule has 2 atom stereocenters. The third-order valence-corrected chi connectivity index (χ3v) is 12.5. The maximum absolute atomic E-state index is 15.7. The Labute approximate surface area is 476 Å². The molecular weight excluding hydrogens is 1140 g/mol. The molecule has 2 heterocycles. The summed E-state index contributed by atoms with van der Waals surface area (Å²) in [6.07, 6.45) is 17.7. The molecule has 7 aromatic carbocycles. The largest absolute Gasteiger partial charge is 0.506 e. The maximum atomic E-state index is 15.7. The molecule has 0 fully saturated rings. The van der Waals surface area contributed by atoms with Gasteiger partial charge in [0.1, 0.15) is 11.4 Å². The summed E-state index contributed by atoms with van der Waals surface area (Å²) in [5, 5.41) is 13.8. The molecule has 7 aromatic rings. The fraction of sp³-hybridized carbons (Fsp3) is 0.0597. The number of methoxy groups -OCH3 is 1. The van der Waals surface area contributed by atoms with Gasteiger partial charge in [-0.2, -0.15) is 0 Å². The van der Waals surface area contributed by atoms with Crippen molar-refractivity contribution in [3.63, 3.8) is 0 Å². The van der Waals surface area contributed by atoms with Gasteiger partial charge in [-0.3, -0.25) is 14.4 Å². The van der Waals surface area contributed by atoms with Gasteiger partial charge in [-0.15, -0.1) is 0 Å². The van der Waals surface area contributed by atoms with E-state index < -0.39 is 34.4 Å². The fourth-order valence-corrected chi connectivity index (χ4v) is 8.71. The molecule has 386 valence electrons. The maximum Gasteiger partial charge on any atom is 0.208 e. The molecule has 0 radical (unpaired) electrons. The van der Waals surface area contributed by atoms with Gasteiger partial charge in [0, 0.05) is 53.5 Å².